The monoisotopic (exact) mass is 533 g/mol. The van der Waals surface area contributed by atoms with Crippen LogP contribution >= 0.6 is 0 Å². The zero-order valence-corrected chi connectivity index (χ0v) is 23.1. The summed E-state index contributed by atoms with van der Waals surface area (Å²) in [4.78, 5) is 14.7. The van der Waals surface area contributed by atoms with Gasteiger partial charge in [-0.1, -0.05) is 29.8 Å². The van der Waals surface area contributed by atoms with Crippen LogP contribution in [0.3, 0.4) is 0 Å². The van der Waals surface area contributed by atoms with Gasteiger partial charge in [0.1, 0.15) is 12.4 Å². The van der Waals surface area contributed by atoms with Crippen LogP contribution in [0.4, 0.5) is 4.39 Å². The molecule has 1 aliphatic rings. The van der Waals surface area contributed by atoms with Crippen LogP contribution < -0.4 is 5.32 Å². The van der Waals surface area contributed by atoms with Crippen molar-refractivity contribution in [3.8, 4) is 0 Å². The molecular weight excluding hydrogens is 493 g/mol. The maximum atomic E-state index is 13.4. The number of likely N-dealkylation sites (N-methyl/N-ethyl adjacent to an activating group) is 1. The number of benzene rings is 2. The highest BCUT2D eigenvalue weighted by atomic mass is 32.2. The van der Waals surface area contributed by atoms with Crippen molar-refractivity contribution in [2.45, 2.75) is 43.5 Å². The van der Waals surface area contributed by atoms with E-state index in [1.807, 2.05) is 19.1 Å². The number of sulfonamides is 1. The molecule has 9 heteroatoms. The minimum absolute atomic E-state index is 0.0962. The van der Waals surface area contributed by atoms with Crippen LogP contribution in [0.15, 0.2) is 53.4 Å². The number of carbonyl (C=O) groups excluding carboxylic acids is 1. The number of ether oxygens (including phenoxy) is 1. The van der Waals surface area contributed by atoms with E-state index < -0.39 is 10.0 Å². The second-order valence-electron chi connectivity index (χ2n) is 10.2. The third kappa shape index (κ3) is 8.33. The summed E-state index contributed by atoms with van der Waals surface area (Å²) >= 11 is 0. The second-order valence-corrected chi connectivity index (χ2v) is 12.3. The Morgan fingerprint density at radius 3 is 2.24 bits per heavy atom. The third-order valence-corrected chi connectivity index (χ3v) is 9.08. The van der Waals surface area contributed by atoms with Gasteiger partial charge in [-0.2, -0.15) is 4.31 Å². The number of hydrogen-bond acceptors (Lipinski definition) is 5. The number of carbonyl (C=O) groups is 1. The smallest absolute Gasteiger partial charge is 0.246 e. The van der Waals surface area contributed by atoms with Gasteiger partial charge in [0.15, 0.2) is 0 Å². The van der Waals surface area contributed by atoms with E-state index in [1.165, 1.54) is 23.5 Å². The minimum atomic E-state index is -3.58. The molecule has 0 heterocycles. The maximum absolute atomic E-state index is 13.4. The lowest BCUT2D eigenvalue weighted by Crippen LogP contribution is -2.36. The van der Waals surface area contributed by atoms with Gasteiger partial charge in [0, 0.05) is 26.2 Å². The molecule has 1 N–H and O–H groups in total. The Bertz CT molecular complexity index is 1100. The normalized spacial score (nSPS) is 19.2. The van der Waals surface area contributed by atoms with Crippen LogP contribution in [-0.2, 0) is 19.6 Å². The molecule has 0 radical (unpaired) electrons. The van der Waals surface area contributed by atoms with Gasteiger partial charge < -0.3 is 15.0 Å². The molecule has 0 aromatic heterocycles. The molecule has 0 aliphatic heterocycles. The van der Waals surface area contributed by atoms with E-state index in [0.717, 1.165) is 36.8 Å². The minimum Gasteiger partial charge on any atom is -0.370 e. The molecule has 2 aromatic rings. The van der Waals surface area contributed by atoms with Gasteiger partial charge in [-0.25, -0.2) is 12.8 Å². The van der Waals surface area contributed by atoms with Crippen molar-refractivity contribution in [2.24, 2.45) is 11.8 Å². The van der Waals surface area contributed by atoms with E-state index in [-0.39, 0.29) is 42.4 Å². The number of rotatable bonds is 12. The fourth-order valence-electron chi connectivity index (χ4n) is 5.04. The first-order valence-corrected chi connectivity index (χ1v) is 14.3. The average Bonchev–Trinajstić information content (AvgIpc) is 2.87. The lowest BCUT2D eigenvalue weighted by molar-refractivity contribution is -0.126. The molecular formula is C28H40FN3O4S. The van der Waals surface area contributed by atoms with Crippen molar-refractivity contribution < 1.29 is 22.3 Å². The number of aryl methyl sites for hydroxylation is 1. The molecule has 204 valence electrons. The van der Waals surface area contributed by atoms with Crippen LogP contribution in [0.5, 0.6) is 0 Å². The van der Waals surface area contributed by atoms with E-state index in [0.29, 0.717) is 18.4 Å². The predicted molar refractivity (Wildman–Crippen MR) is 143 cm³/mol. The van der Waals surface area contributed by atoms with E-state index in [1.54, 1.807) is 24.3 Å². The Labute approximate surface area is 221 Å². The molecule has 1 atom stereocenters. The van der Waals surface area contributed by atoms with Gasteiger partial charge >= 0.3 is 0 Å². The fourth-order valence-corrected chi connectivity index (χ4v) is 6.19. The molecule has 3 rings (SSSR count). The number of halogens is 1. The standard InChI is InChI=1S/C28H40FN3O4S/c1-21-5-15-26(16-6-21)37(34,35)32(4)17-18-36-20-27(33)30-19-22-7-9-23(10-8-22)28(31(2)3)24-11-13-25(29)14-12-24/h5-6,11-16,22-23,28H,7-10,17-20H2,1-4H3,(H,30,33). The van der Waals surface area contributed by atoms with E-state index >= 15 is 0 Å². The topological polar surface area (TPSA) is 78.9 Å². The van der Waals surface area contributed by atoms with Crippen LogP contribution in [0, 0.1) is 24.6 Å². The highest BCUT2D eigenvalue weighted by molar-refractivity contribution is 7.89. The lowest BCUT2D eigenvalue weighted by Gasteiger charge is -2.37. The quantitative estimate of drug-likeness (QED) is 0.418. The summed E-state index contributed by atoms with van der Waals surface area (Å²) in [5, 5.41) is 2.96. The molecule has 2 aromatic carbocycles. The Balaban J connectivity index is 1.35. The SMILES string of the molecule is Cc1ccc(S(=O)(=O)N(C)CCOCC(=O)NCC2CCC(C(c3ccc(F)cc3)N(C)C)CC2)cc1. The van der Waals surface area contributed by atoms with E-state index in [4.69, 9.17) is 4.74 Å². The molecule has 1 saturated carbocycles. The number of amides is 1. The maximum Gasteiger partial charge on any atom is 0.246 e. The van der Waals surface area contributed by atoms with Gasteiger partial charge in [0.05, 0.1) is 11.5 Å². The first kappa shape index (κ1) is 29.2. The van der Waals surface area contributed by atoms with Crippen LogP contribution in [0.1, 0.15) is 42.9 Å². The first-order chi connectivity index (χ1) is 17.6. The second kappa shape index (κ2) is 13.5. The van der Waals surface area contributed by atoms with Crippen molar-refractivity contribution in [3.05, 3.63) is 65.5 Å². The summed E-state index contributed by atoms with van der Waals surface area (Å²) < 4.78 is 45.3. The average molecular weight is 534 g/mol. The largest absolute Gasteiger partial charge is 0.370 e. The van der Waals surface area contributed by atoms with E-state index in [2.05, 4.69) is 24.3 Å². The Hall–Kier alpha value is -2.33. The van der Waals surface area contributed by atoms with Crippen LogP contribution in [0.2, 0.25) is 0 Å². The zero-order valence-electron chi connectivity index (χ0n) is 22.3. The molecule has 37 heavy (non-hydrogen) atoms. The van der Waals surface area contributed by atoms with Crippen LogP contribution in [-0.4, -0.2) is 71.0 Å². The van der Waals surface area contributed by atoms with Crippen LogP contribution in [0.25, 0.3) is 0 Å². The van der Waals surface area contributed by atoms with Gasteiger partial charge in [-0.3, -0.25) is 4.79 Å². The fraction of sp³-hybridized carbons (Fsp3) is 0.536. The molecule has 0 bridgehead atoms. The zero-order chi connectivity index (χ0) is 27.0. The van der Waals surface area contributed by atoms with Gasteiger partial charge in [0.2, 0.25) is 15.9 Å². The van der Waals surface area contributed by atoms with Crippen molar-refractivity contribution >= 4 is 15.9 Å². The molecule has 1 amide bonds. The van der Waals surface area contributed by atoms with E-state index in [9.17, 15) is 17.6 Å². The third-order valence-electron chi connectivity index (χ3n) is 7.21. The summed E-state index contributed by atoms with van der Waals surface area (Å²) in [5.74, 6) is 0.499. The summed E-state index contributed by atoms with van der Waals surface area (Å²) in [7, 11) is 2.05. The van der Waals surface area contributed by atoms with Gasteiger partial charge in [0.25, 0.3) is 0 Å². The molecule has 7 nitrogen and oxygen atoms in total. The Morgan fingerprint density at radius 2 is 1.65 bits per heavy atom. The van der Waals surface area contributed by atoms with Crippen molar-refractivity contribution in [1.29, 1.82) is 0 Å². The summed E-state index contributed by atoms with van der Waals surface area (Å²) in [5.41, 5.74) is 2.13. The lowest BCUT2D eigenvalue weighted by atomic mass is 9.76. The Kier molecular flexibility index (Phi) is 10.6. The van der Waals surface area contributed by atoms with Crippen molar-refractivity contribution in [2.75, 3.05) is 47.4 Å². The molecule has 1 fully saturated rings. The number of nitrogens with zero attached hydrogens (tertiary/aromatic N) is 2. The van der Waals surface area contributed by atoms with Gasteiger partial charge in [-0.15, -0.1) is 0 Å². The highest BCUT2D eigenvalue weighted by Gasteiger charge is 2.30. The molecule has 1 unspecified atom stereocenters. The van der Waals surface area contributed by atoms with Gasteiger partial charge in [-0.05, 0) is 88.4 Å². The van der Waals surface area contributed by atoms with Crippen molar-refractivity contribution in [3.63, 3.8) is 0 Å². The predicted octanol–water partition coefficient (Wildman–Crippen LogP) is 4.00. The summed E-state index contributed by atoms with van der Waals surface area (Å²) in [6.07, 6.45) is 4.16. The molecule has 0 saturated heterocycles. The Morgan fingerprint density at radius 1 is 1.03 bits per heavy atom. The summed E-state index contributed by atoms with van der Waals surface area (Å²) in [6.45, 7) is 2.71. The molecule has 0 spiro atoms. The molecule has 1 aliphatic carbocycles. The first-order valence-electron chi connectivity index (χ1n) is 12.9. The highest BCUT2D eigenvalue weighted by Crippen LogP contribution is 2.39. The summed E-state index contributed by atoms with van der Waals surface area (Å²) in [6, 6.07) is 13.8. The number of hydrogen-bond donors (Lipinski definition) is 1. The number of nitrogens with one attached hydrogen (secondary N) is 1. The van der Waals surface area contributed by atoms with Crippen molar-refractivity contribution in [1.82, 2.24) is 14.5 Å².